The number of hydrogen-bond acceptors (Lipinski definition) is 2. The second kappa shape index (κ2) is 4.89. The van der Waals surface area contributed by atoms with E-state index in [4.69, 9.17) is 32.7 Å². The Kier molecular flexibility index (Phi) is 3.20. The minimum absolute atomic E-state index is 0.0556. The van der Waals surface area contributed by atoms with Gasteiger partial charge in [0.2, 0.25) is 5.76 Å². The Balaban J connectivity index is 2.07. The molecule has 1 aromatic carbocycles. The molecule has 0 saturated carbocycles. The summed E-state index contributed by atoms with van der Waals surface area (Å²) in [5.41, 5.74) is 1.44. The lowest BCUT2D eigenvalue weighted by molar-refractivity contribution is 0.0660. The van der Waals surface area contributed by atoms with Crippen molar-refractivity contribution in [2.75, 3.05) is 0 Å². The molecule has 2 aromatic heterocycles. The van der Waals surface area contributed by atoms with E-state index in [0.29, 0.717) is 22.2 Å². The molecule has 3 aromatic rings. The first-order valence-corrected chi connectivity index (χ1v) is 6.55. The number of rotatable bonds is 3. The maximum atomic E-state index is 11.0. The molecule has 0 aliphatic rings. The first kappa shape index (κ1) is 13.1. The van der Waals surface area contributed by atoms with Gasteiger partial charge in [-0.05, 0) is 24.3 Å². The van der Waals surface area contributed by atoms with E-state index >= 15 is 0 Å². The molecular weight excluding hydrogens is 301 g/mol. The largest absolute Gasteiger partial charge is 0.475 e. The van der Waals surface area contributed by atoms with E-state index in [0.717, 1.165) is 10.9 Å². The molecule has 3 rings (SSSR count). The molecule has 0 saturated heterocycles. The van der Waals surface area contributed by atoms with Crippen LogP contribution in [0.3, 0.4) is 0 Å². The Hall–Kier alpha value is -1.91. The number of aromatic nitrogens is 1. The maximum Gasteiger partial charge on any atom is 0.372 e. The van der Waals surface area contributed by atoms with Crippen molar-refractivity contribution < 1.29 is 14.3 Å². The van der Waals surface area contributed by atoms with Gasteiger partial charge in [0, 0.05) is 22.2 Å². The van der Waals surface area contributed by atoms with E-state index in [1.165, 1.54) is 6.26 Å². The zero-order valence-corrected chi connectivity index (χ0v) is 11.6. The summed E-state index contributed by atoms with van der Waals surface area (Å²) in [7, 11) is 0. The first-order chi connectivity index (χ1) is 9.56. The molecule has 0 aliphatic carbocycles. The van der Waals surface area contributed by atoms with Crippen LogP contribution in [0.5, 0.6) is 0 Å². The molecule has 0 aliphatic heterocycles. The zero-order chi connectivity index (χ0) is 14.3. The molecule has 20 heavy (non-hydrogen) atoms. The molecule has 0 atom stereocenters. The molecular formula is C14H9Cl2NO3. The average molecular weight is 310 g/mol. The van der Waals surface area contributed by atoms with E-state index in [9.17, 15) is 4.79 Å². The predicted octanol–water partition coefficient (Wildman–Crippen LogP) is 4.29. The van der Waals surface area contributed by atoms with Crippen LogP contribution in [0.15, 0.2) is 41.1 Å². The SMILES string of the molecule is O=C(O)c1occc1Cn1ccc2c(Cl)cc(Cl)cc21. The van der Waals surface area contributed by atoms with E-state index in [1.807, 2.05) is 16.8 Å². The van der Waals surface area contributed by atoms with Crippen molar-refractivity contribution >= 4 is 40.1 Å². The van der Waals surface area contributed by atoms with Gasteiger partial charge in [0.05, 0.1) is 23.3 Å². The summed E-state index contributed by atoms with van der Waals surface area (Å²) in [6.07, 6.45) is 3.20. The van der Waals surface area contributed by atoms with Crippen molar-refractivity contribution in [3.05, 3.63) is 58.1 Å². The summed E-state index contributed by atoms with van der Waals surface area (Å²) < 4.78 is 6.85. The molecule has 0 spiro atoms. The van der Waals surface area contributed by atoms with E-state index in [2.05, 4.69) is 0 Å². The third-order valence-corrected chi connectivity index (χ3v) is 3.62. The number of benzene rings is 1. The number of carbonyl (C=O) groups is 1. The predicted molar refractivity (Wildman–Crippen MR) is 76.7 cm³/mol. The molecule has 0 fully saturated rings. The second-order valence-corrected chi connectivity index (χ2v) is 5.19. The van der Waals surface area contributed by atoms with E-state index in [1.54, 1.807) is 18.2 Å². The lowest BCUT2D eigenvalue weighted by Gasteiger charge is -2.05. The summed E-state index contributed by atoms with van der Waals surface area (Å²) >= 11 is 12.1. The number of furan rings is 1. The van der Waals surface area contributed by atoms with Crippen molar-refractivity contribution in [2.45, 2.75) is 6.54 Å². The van der Waals surface area contributed by atoms with E-state index < -0.39 is 5.97 Å². The quantitative estimate of drug-likeness (QED) is 0.785. The van der Waals surface area contributed by atoms with Crippen LogP contribution in [0, 0.1) is 0 Å². The average Bonchev–Trinajstić information content (AvgIpc) is 2.97. The topological polar surface area (TPSA) is 55.4 Å². The monoisotopic (exact) mass is 309 g/mol. The van der Waals surface area contributed by atoms with Gasteiger partial charge in [0.1, 0.15) is 0 Å². The standard InChI is InChI=1S/C14H9Cl2NO3/c15-9-5-11(16)10-1-3-17(12(10)6-9)7-8-2-4-20-13(8)14(18)19/h1-6H,7H2,(H,18,19). The van der Waals surface area contributed by atoms with Gasteiger partial charge in [-0.3, -0.25) is 0 Å². The summed E-state index contributed by atoms with van der Waals surface area (Å²) in [6.45, 7) is 0.373. The van der Waals surface area contributed by atoms with Crippen LogP contribution in [0.25, 0.3) is 10.9 Å². The Morgan fingerprint density at radius 1 is 1.30 bits per heavy atom. The van der Waals surface area contributed by atoms with E-state index in [-0.39, 0.29) is 5.76 Å². The highest BCUT2D eigenvalue weighted by molar-refractivity contribution is 6.38. The number of hydrogen-bond donors (Lipinski definition) is 1. The van der Waals surface area contributed by atoms with Crippen LogP contribution in [0.1, 0.15) is 16.1 Å². The van der Waals surface area contributed by atoms with Gasteiger partial charge < -0.3 is 14.1 Å². The molecule has 6 heteroatoms. The lowest BCUT2D eigenvalue weighted by Crippen LogP contribution is -2.03. The van der Waals surface area contributed by atoms with Gasteiger partial charge in [0.15, 0.2) is 0 Å². The minimum Gasteiger partial charge on any atom is -0.475 e. The summed E-state index contributed by atoms with van der Waals surface area (Å²) in [5.74, 6) is -1.14. The summed E-state index contributed by atoms with van der Waals surface area (Å²) in [6, 6.07) is 6.98. The summed E-state index contributed by atoms with van der Waals surface area (Å²) in [4.78, 5) is 11.0. The van der Waals surface area contributed by atoms with Gasteiger partial charge in [-0.2, -0.15) is 0 Å². The van der Waals surface area contributed by atoms with Crippen molar-refractivity contribution in [3.8, 4) is 0 Å². The molecule has 0 unspecified atom stereocenters. The van der Waals surface area contributed by atoms with Crippen LogP contribution in [-0.2, 0) is 6.54 Å². The third kappa shape index (κ3) is 2.17. The van der Waals surface area contributed by atoms with Crippen molar-refractivity contribution in [3.63, 3.8) is 0 Å². The van der Waals surface area contributed by atoms with Crippen molar-refractivity contribution in [1.82, 2.24) is 4.57 Å². The molecule has 1 N–H and O–H groups in total. The fraction of sp³-hybridized carbons (Fsp3) is 0.0714. The highest BCUT2D eigenvalue weighted by atomic mass is 35.5. The Bertz CT molecular complexity index is 804. The highest BCUT2D eigenvalue weighted by Crippen LogP contribution is 2.29. The van der Waals surface area contributed by atoms with Crippen LogP contribution in [0.4, 0.5) is 0 Å². The number of nitrogens with zero attached hydrogens (tertiary/aromatic N) is 1. The Morgan fingerprint density at radius 2 is 2.10 bits per heavy atom. The Morgan fingerprint density at radius 3 is 2.85 bits per heavy atom. The Labute approximate surface area is 124 Å². The van der Waals surface area contributed by atoms with Crippen molar-refractivity contribution in [1.29, 1.82) is 0 Å². The van der Waals surface area contributed by atoms with Crippen LogP contribution in [0.2, 0.25) is 10.0 Å². The molecule has 4 nitrogen and oxygen atoms in total. The summed E-state index contributed by atoms with van der Waals surface area (Å²) in [5, 5.41) is 11.0. The van der Waals surface area contributed by atoms with Gasteiger partial charge >= 0.3 is 5.97 Å². The van der Waals surface area contributed by atoms with Gasteiger partial charge in [-0.25, -0.2) is 4.79 Å². The van der Waals surface area contributed by atoms with Gasteiger partial charge in [0.25, 0.3) is 0 Å². The van der Waals surface area contributed by atoms with Crippen LogP contribution >= 0.6 is 23.2 Å². The van der Waals surface area contributed by atoms with Gasteiger partial charge in [-0.1, -0.05) is 23.2 Å². The van der Waals surface area contributed by atoms with Crippen molar-refractivity contribution in [2.24, 2.45) is 0 Å². The molecule has 0 bridgehead atoms. The zero-order valence-electron chi connectivity index (χ0n) is 10.1. The fourth-order valence-corrected chi connectivity index (χ4v) is 2.73. The highest BCUT2D eigenvalue weighted by Gasteiger charge is 2.15. The van der Waals surface area contributed by atoms with Gasteiger partial charge in [-0.15, -0.1) is 0 Å². The first-order valence-electron chi connectivity index (χ1n) is 5.80. The number of carboxylic acids is 1. The second-order valence-electron chi connectivity index (χ2n) is 4.34. The van der Waals surface area contributed by atoms with Crippen LogP contribution < -0.4 is 0 Å². The number of carboxylic acid groups (broad SMARTS) is 1. The molecule has 2 heterocycles. The third-order valence-electron chi connectivity index (χ3n) is 3.08. The number of halogens is 2. The normalized spacial score (nSPS) is 11.1. The molecule has 0 amide bonds. The fourth-order valence-electron chi connectivity index (χ4n) is 2.19. The molecule has 0 radical (unpaired) electrons. The smallest absolute Gasteiger partial charge is 0.372 e. The maximum absolute atomic E-state index is 11.0. The number of aromatic carboxylic acids is 1. The van der Waals surface area contributed by atoms with Crippen LogP contribution in [-0.4, -0.2) is 15.6 Å². The lowest BCUT2D eigenvalue weighted by atomic mass is 10.2. The minimum atomic E-state index is -1.09. The molecule has 102 valence electrons. The number of fused-ring (bicyclic) bond motifs is 1.